The minimum atomic E-state index is 0.518. The summed E-state index contributed by atoms with van der Waals surface area (Å²) in [4.78, 5) is 7.10. The molecule has 1 aliphatic heterocycles. The van der Waals surface area contributed by atoms with E-state index < -0.39 is 0 Å². The van der Waals surface area contributed by atoms with Crippen LogP contribution in [0, 0.1) is 0 Å². The molecule has 1 aliphatic rings. The van der Waals surface area contributed by atoms with Crippen LogP contribution in [-0.4, -0.2) is 55.4 Å². The minimum Gasteiger partial charge on any atom is -0.303 e. The highest BCUT2D eigenvalue weighted by molar-refractivity contribution is 7.99. The second kappa shape index (κ2) is 7.62. The molecule has 5 nitrogen and oxygen atoms in total. The molecule has 0 N–H and O–H groups in total. The summed E-state index contributed by atoms with van der Waals surface area (Å²) in [7, 11) is 4.18. The summed E-state index contributed by atoms with van der Waals surface area (Å²) in [5, 5.41) is 5.98. The molecule has 138 valence electrons. The lowest BCUT2D eigenvalue weighted by molar-refractivity contribution is 0.232. The fraction of sp³-hybridized carbons (Fsp3) is 0.474. The van der Waals surface area contributed by atoms with Crippen LogP contribution < -0.4 is 0 Å². The zero-order chi connectivity index (χ0) is 18.1. The van der Waals surface area contributed by atoms with Crippen molar-refractivity contribution in [3.8, 4) is 5.69 Å². The molecule has 0 spiro atoms. The number of pyridine rings is 1. The van der Waals surface area contributed by atoms with Gasteiger partial charge in [0.1, 0.15) is 10.8 Å². The molecule has 0 radical (unpaired) electrons. The molecule has 0 bridgehead atoms. The minimum absolute atomic E-state index is 0.518. The quantitative estimate of drug-likeness (QED) is 0.622. The van der Waals surface area contributed by atoms with E-state index in [2.05, 4.69) is 50.6 Å². The van der Waals surface area contributed by atoms with Crippen molar-refractivity contribution in [2.75, 3.05) is 25.1 Å². The Labute approximate surface area is 163 Å². The number of aromatic nitrogens is 4. The van der Waals surface area contributed by atoms with Gasteiger partial charge in [-0.25, -0.2) is 4.98 Å². The van der Waals surface area contributed by atoms with Crippen LogP contribution in [0.3, 0.4) is 0 Å². The van der Waals surface area contributed by atoms with Crippen LogP contribution in [0.15, 0.2) is 30.7 Å². The van der Waals surface area contributed by atoms with Crippen LogP contribution >= 0.6 is 23.4 Å². The molecular formula is C19H24ClN5S. The average molecular weight is 390 g/mol. The molecule has 0 saturated carbocycles. The maximum Gasteiger partial charge on any atom is 0.146 e. The molecule has 0 aromatic carbocycles. The summed E-state index contributed by atoms with van der Waals surface area (Å²) in [5.41, 5.74) is 3.22. The first-order chi connectivity index (χ1) is 12.6. The van der Waals surface area contributed by atoms with E-state index in [9.17, 15) is 0 Å². The van der Waals surface area contributed by atoms with Crippen molar-refractivity contribution in [3.63, 3.8) is 0 Å². The van der Waals surface area contributed by atoms with Gasteiger partial charge < -0.3 is 4.90 Å². The Hall–Kier alpha value is -1.50. The molecule has 0 atom stereocenters. The van der Waals surface area contributed by atoms with Gasteiger partial charge in [0, 0.05) is 37.4 Å². The predicted octanol–water partition coefficient (Wildman–Crippen LogP) is 3.78. The number of nitrogens with zero attached hydrogens (tertiary/aromatic N) is 5. The summed E-state index contributed by atoms with van der Waals surface area (Å²) in [6, 6.07) is 4.68. The summed E-state index contributed by atoms with van der Waals surface area (Å²) >= 11 is 8.24. The van der Waals surface area contributed by atoms with Crippen molar-refractivity contribution in [2.24, 2.45) is 7.05 Å². The maximum absolute atomic E-state index is 6.17. The molecule has 7 heteroatoms. The zero-order valence-electron chi connectivity index (χ0n) is 15.2. The third kappa shape index (κ3) is 3.63. The molecule has 4 heterocycles. The molecule has 1 saturated heterocycles. The molecule has 1 fully saturated rings. The van der Waals surface area contributed by atoms with Gasteiger partial charge in [-0.1, -0.05) is 11.6 Å². The Balaban J connectivity index is 1.60. The van der Waals surface area contributed by atoms with Crippen LogP contribution in [-0.2, 0) is 13.5 Å². The van der Waals surface area contributed by atoms with Gasteiger partial charge in [0.15, 0.2) is 0 Å². The van der Waals surface area contributed by atoms with Crippen LogP contribution in [0.1, 0.15) is 18.4 Å². The molecule has 3 aromatic rings. The number of thioether (sulfide) groups is 1. The number of rotatable bonds is 5. The van der Waals surface area contributed by atoms with Crippen molar-refractivity contribution in [3.05, 3.63) is 41.4 Å². The van der Waals surface area contributed by atoms with E-state index >= 15 is 0 Å². The number of hydrogen-bond acceptors (Lipinski definition) is 4. The summed E-state index contributed by atoms with van der Waals surface area (Å²) in [6.45, 7) is 1.06. The topological polar surface area (TPSA) is 38.9 Å². The Morgan fingerprint density at radius 2 is 2.08 bits per heavy atom. The highest BCUT2D eigenvalue weighted by Crippen LogP contribution is 2.26. The Kier molecular flexibility index (Phi) is 5.25. The SMILES string of the molecule is CN(CCc1cn(-c2cnn(C)c2)c2nc(Cl)ccc12)C1CCSCC1. The Morgan fingerprint density at radius 1 is 1.27 bits per heavy atom. The Morgan fingerprint density at radius 3 is 2.81 bits per heavy atom. The number of fused-ring (bicyclic) bond motifs is 1. The first kappa shape index (κ1) is 17.9. The van der Waals surface area contributed by atoms with Gasteiger partial charge in [-0.3, -0.25) is 9.25 Å². The van der Waals surface area contributed by atoms with Gasteiger partial charge >= 0.3 is 0 Å². The number of likely N-dealkylation sites (N-methyl/N-ethyl adjacent to an activating group) is 1. The van der Waals surface area contributed by atoms with E-state index in [1.165, 1.54) is 35.3 Å². The standard InChI is InChI=1S/C19H24ClN5S/c1-23(15-6-9-26-10-7-15)8-5-14-12-25(16-11-21-24(2)13-16)19-17(14)3-4-18(20)22-19/h3-4,11-13,15H,5-10H2,1-2H3. The summed E-state index contributed by atoms with van der Waals surface area (Å²) in [5.74, 6) is 2.58. The predicted molar refractivity (Wildman–Crippen MR) is 110 cm³/mol. The van der Waals surface area contributed by atoms with Crippen LogP contribution in [0.4, 0.5) is 0 Å². The van der Waals surface area contributed by atoms with E-state index in [0.717, 1.165) is 30.3 Å². The van der Waals surface area contributed by atoms with Gasteiger partial charge in [-0.2, -0.15) is 16.9 Å². The molecule has 0 unspecified atom stereocenters. The van der Waals surface area contributed by atoms with Crippen LogP contribution in [0.2, 0.25) is 5.15 Å². The fourth-order valence-electron chi connectivity index (χ4n) is 3.68. The highest BCUT2D eigenvalue weighted by atomic mass is 35.5. The maximum atomic E-state index is 6.17. The van der Waals surface area contributed by atoms with Crippen LogP contribution in [0.5, 0.6) is 0 Å². The molecule has 3 aromatic heterocycles. The largest absolute Gasteiger partial charge is 0.303 e. The van der Waals surface area contributed by atoms with Gasteiger partial charge in [0.05, 0.1) is 11.9 Å². The first-order valence-electron chi connectivity index (χ1n) is 9.05. The normalized spacial score (nSPS) is 16.0. The molecule has 0 amide bonds. The van der Waals surface area contributed by atoms with E-state index in [-0.39, 0.29) is 0 Å². The smallest absolute Gasteiger partial charge is 0.146 e. The van der Waals surface area contributed by atoms with E-state index in [1.807, 2.05) is 25.5 Å². The second-order valence-corrected chi connectivity index (χ2v) is 8.59. The molecular weight excluding hydrogens is 366 g/mol. The lowest BCUT2D eigenvalue weighted by Gasteiger charge is -2.30. The van der Waals surface area contributed by atoms with Crippen molar-refractivity contribution in [1.29, 1.82) is 0 Å². The first-order valence-corrected chi connectivity index (χ1v) is 10.6. The average Bonchev–Trinajstić information content (AvgIpc) is 3.23. The van der Waals surface area contributed by atoms with Gasteiger partial charge in [0.2, 0.25) is 0 Å². The lowest BCUT2D eigenvalue weighted by atomic mass is 10.1. The molecule has 26 heavy (non-hydrogen) atoms. The van der Waals surface area contributed by atoms with E-state index in [0.29, 0.717) is 5.15 Å². The second-order valence-electron chi connectivity index (χ2n) is 6.98. The van der Waals surface area contributed by atoms with E-state index in [4.69, 9.17) is 11.6 Å². The van der Waals surface area contributed by atoms with Gasteiger partial charge in [-0.15, -0.1) is 0 Å². The van der Waals surface area contributed by atoms with Crippen molar-refractivity contribution < 1.29 is 0 Å². The monoisotopic (exact) mass is 389 g/mol. The van der Waals surface area contributed by atoms with Gasteiger partial charge in [0.25, 0.3) is 0 Å². The number of aryl methyl sites for hydroxylation is 1. The number of hydrogen-bond donors (Lipinski definition) is 0. The fourth-order valence-corrected chi connectivity index (χ4v) is 4.90. The zero-order valence-corrected chi connectivity index (χ0v) is 16.8. The summed E-state index contributed by atoms with van der Waals surface area (Å²) in [6.07, 6.45) is 9.66. The van der Waals surface area contributed by atoms with E-state index in [1.54, 1.807) is 4.68 Å². The third-order valence-corrected chi connectivity index (χ3v) is 6.48. The van der Waals surface area contributed by atoms with Crippen molar-refractivity contribution in [1.82, 2.24) is 24.2 Å². The third-order valence-electron chi connectivity index (χ3n) is 5.22. The van der Waals surface area contributed by atoms with Crippen LogP contribution in [0.25, 0.3) is 16.7 Å². The molecule has 0 aliphatic carbocycles. The highest BCUT2D eigenvalue weighted by Gasteiger charge is 2.19. The van der Waals surface area contributed by atoms with Crippen molar-refractivity contribution >= 4 is 34.4 Å². The lowest BCUT2D eigenvalue weighted by Crippen LogP contribution is -2.36. The molecule has 4 rings (SSSR count). The van der Waals surface area contributed by atoms with Gasteiger partial charge in [-0.05, 0) is 55.5 Å². The number of halogens is 1. The summed E-state index contributed by atoms with van der Waals surface area (Å²) < 4.78 is 3.90. The van der Waals surface area contributed by atoms with Crippen molar-refractivity contribution in [2.45, 2.75) is 25.3 Å². The Bertz CT molecular complexity index is 897.